The SMILES string of the molecule is Cc1ccc2c(c1)[nH]c1cccc(Cn3nc4ccc(-c5ccc(C(F)(F)F)cc5)cn4c3=O)c12. The van der Waals surface area contributed by atoms with Gasteiger partial charge in [0.05, 0.1) is 12.1 Å². The van der Waals surface area contributed by atoms with Crippen LogP contribution in [0.5, 0.6) is 0 Å². The summed E-state index contributed by atoms with van der Waals surface area (Å²) in [6, 6.07) is 20.5. The van der Waals surface area contributed by atoms with E-state index < -0.39 is 11.7 Å². The molecule has 0 aliphatic heterocycles. The Morgan fingerprint density at radius 3 is 2.46 bits per heavy atom. The molecular formula is C27H19F3N4O. The fourth-order valence-corrected chi connectivity index (χ4v) is 4.58. The summed E-state index contributed by atoms with van der Waals surface area (Å²) in [6.45, 7) is 2.33. The molecule has 0 radical (unpaired) electrons. The monoisotopic (exact) mass is 472 g/mol. The number of H-pyrrole nitrogens is 1. The van der Waals surface area contributed by atoms with Crippen LogP contribution in [0.2, 0.25) is 0 Å². The molecule has 6 rings (SSSR count). The van der Waals surface area contributed by atoms with Crippen molar-refractivity contribution in [1.29, 1.82) is 0 Å². The quantitative estimate of drug-likeness (QED) is 0.335. The van der Waals surface area contributed by atoms with Crippen LogP contribution in [0.15, 0.2) is 83.8 Å². The fraction of sp³-hybridized carbons (Fsp3) is 0.111. The first-order chi connectivity index (χ1) is 16.8. The van der Waals surface area contributed by atoms with Crippen molar-refractivity contribution in [3.63, 3.8) is 0 Å². The molecule has 0 spiro atoms. The molecule has 3 aromatic carbocycles. The van der Waals surface area contributed by atoms with Gasteiger partial charge in [0.1, 0.15) is 0 Å². The van der Waals surface area contributed by atoms with Gasteiger partial charge in [-0.3, -0.25) is 0 Å². The molecule has 0 saturated heterocycles. The number of pyridine rings is 1. The minimum absolute atomic E-state index is 0.286. The second-order valence-corrected chi connectivity index (χ2v) is 8.68. The highest BCUT2D eigenvalue weighted by atomic mass is 19.4. The van der Waals surface area contributed by atoms with Crippen molar-refractivity contribution in [3.8, 4) is 11.1 Å². The van der Waals surface area contributed by atoms with Crippen LogP contribution in [-0.2, 0) is 12.7 Å². The van der Waals surface area contributed by atoms with Gasteiger partial charge in [0, 0.05) is 28.0 Å². The molecule has 8 heteroatoms. The summed E-state index contributed by atoms with van der Waals surface area (Å²) >= 11 is 0. The Labute approximate surface area is 197 Å². The zero-order valence-electron chi connectivity index (χ0n) is 18.6. The van der Waals surface area contributed by atoms with Gasteiger partial charge in [-0.05, 0) is 65.6 Å². The molecule has 0 saturated carbocycles. The summed E-state index contributed by atoms with van der Waals surface area (Å²) in [6.07, 6.45) is -2.79. The van der Waals surface area contributed by atoms with E-state index in [1.807, 2.05) is 25.1 Å². The van der Waals surface area contributed by atoms with E-state index in [0.29, 0.717) is 16.8 Å². The third-order valence-electron chi connectivity index (χ3n) is 6.31. The number of hydrogen-bond acceptors (Lipinski definition) is 2. The van der Waals surface area contributed by atoms with Crippen molar-refractivity contribution < 1.29 is 13.2 Å². The molecule has 0 aliphatic rings. The van der Waals surface area contributed by atoms with E-state index in [1.54, 1.807) is 18.3 Å². The largest absolute Gasteiger partial charge is 0.416 e. The van der Waals surface area contributed by atoms with Crippen LogP contribution in [0, 0.1) is 6.92 Å². The van der Waals surface area contributed by atoms with E-state index in [4.69, 9.17) is 0 Å². The van der Waals surface area contributed by atoms with Crippen LogP contribution in [0.3, 0.4) is 0 Å². The van der Waals surface area contributed by atoms with E-state index in [0.717, 1.165) is 45.1 Å². The molecule has 35 heavy (non-hydrogen) atoms. The number of aromatic nitrogens is 4. The number of halogens is 3. The van der Waals surface area contributed by atoms with Gasteiger partial charge in [-0.15, -0.1) is 5.10 Å². The second kappa shape index (κ2) is 7.59. The number of aromatic amines is 1. The lowest BCUT2D eigenvalue weighted by molar-refractivity contribution is -0.137. The van der Waals surface area contributed by atoms with Gasteiger partial charge in [-0.2, -0.15) is 13.2 Å². The van der Waals surface area contributed by atoms with E-state index in [-0.39, 0.29) is 12.2 Å². The average Bonchev–Trinajstić information content (AvgIpc) is 3.35. The van der Waals surface area contributed by atoms with Crippen molar-refractivity contribution >= 4 is 27.5 Å². The van der Waals surface area contributed by atoms with Gasteiger partial charge in [-0.1, -0.05) is 36.4 Å². The molecule has 174 valence electrons. The lowest BCUT2D eigenvalue weighted by Gasteiger charge is -2.07. The Hall–Kier alpha value is -4.33. The standard InChI is InChI=1S/C27H19F3N4O/c1-16-5-11-21-23(13-16)31-22-4-2-3-19(25(21)22)15-34-26(35)33-14-18(8-12-24(33)32-34)17-6-9-20(10-7-17)27(28,29)30/h2-14,31H,15H2,1H3. The van der Waals surface area contributed by atoms with E-state index in [1.165, 1.54) is 21.2 Å². The predicted molar refractivity (Wildman–Crippen MR) is 130 cm³/mol. The second-order valence-electron chi connectivity index (χ2n) is 8.68. The Balaban J connectivity index is 1.40. The number of benzene rings is 3. The van der Waals surface area contributed by atoms with Gasteiger partial charge >= 0.3 is 11.9 Å². The minimum Gasteiger partial charge on any atom is -0.354 e. The Bertz CT molecular complexity index is 1790. The highest BCUT2D eigenvalue weighted by molar-refractivity contribution is 6.09. The first-order valence-electron chi connectivity index (χ1n) is 11.0. The number of hydrogen-bond donors (Lipinski definition) is 1. The summed E-state index contributed by atoms with van der Waals surface area (Å²) < 4.78 is 41.5. The average molecular weight is 472 g/mol. The Morgan fingerprint density at radius 1 is 0.914 bits per heavy atom. The fourth-order valence-electron chi connectivity index (χ4n) is 4.58. The van der Waals surface area contributed by atoms with Crippen LogP contribution in [-0.4, -0.2) is 19.2 Å². The van der Waals surface area contributed by atoms with Crippen molar-refractivity contribution in [2.75, 3.05) is 0 Å². The summed E-state index contributed by atoms with van der Waals surface area (Å²) in [5.41, 5.74) is 4.79. The molecule has 3 aromatic heterocycles. The van der Waals surface area contributed by atoms with Crippen LogP contribution < -0.4 is 5.69 Å². The smallest absolute Gasteiger partial charge is 0.354 e. The van der Waals surface area contributed by atoms with E-state index >= 15 is 0 Å². The molecule has 0 amide bonds. The maximum absolute atomic E-state index is 13.2. The molecule has 0 fully saturated rings. The van der Waals surface area contributed by atoms with Gasteiger partial charge in [0.15, 0.2) is 5.65 Å². The van der Waals surface area contributed by atoms with E-state index in [9.17, 15) is 18.0 Å². The Kier molecular flexibility index (Phi) is 4.60. The number of aryl methyl sites for hydroxylation is 1. The predicted octanol–water partition coefficient (Wildman–Crippen LogP) is 6.17. The summed E-state index contributed by atoms with van der Waals surface area (Å²) in [4.78, 5) is 16.6. The third kappa shape index (κ3) is 3.58. The summed E-state index contributed by atoms with van der Waals surface area (Å²) in [7, 11) is 0. The maximum atomic E-state index is 13.2. The number of nitrogens with one attached hydrogen (secondary N) is 1. The molecular weight excluding hydrogens is 453 g/mol. The van der Waals surface area contributed by atoms with Crippen molar-refractivity contribution in [3.05, 3.63) is 106 Å². The summed E-state index contributed by atoms with van der Waals surface area (Å²) in [5, 5.41) is 6.62. The van der Waals surface area contributed by atoms with Gasteiger partial charge in [0.25, 0.3) is 0 Å². The zero-order valence-corrected chi connectivity index (χ0v) is 18.6. The van der Waals surface area contributed by atoms with Crippen LogP contribution in [0.1, 0.15) is 16.7 Å². The molecule has 1 N–H and O–H groups in total. The maximum Gasteiger partial charge on any atom is 0.416 e. The highest BCUT2D eigenvalue weighted by Gasteiger charge is 2.30. The number of rotatable bonds is 3. The molecule has 0 unspecified atom stereocenters. The Morgan fingerprint density at radius 2 is 1.69 bits per heavy atom. The summed E-state index contributed by atoms with van der Waals surface area (Å²) in [5.74, 6) is 0. The third-order valence-corrected chi connectivity index (χ3v) is 6.31. The topological polar surface area (TPSA) is 55.1 Å². The molecule has 5 nitrogen and oxygen atoms in total. The lowest BCUT2D eigenvalue weighted by atomic mass is 10.1. The van der Waals surface area contributed by atoms with Gasteiger partial charge in [0.2, 0.25) is 0 Å². The number of fused-ring (bicyclic) bond motifs is 4. The van der Waals surface area contributed by atoms with E-state index in [2.05, 4.69) is 28.3 Å². The van der Waals surface area contributed by atoms with Crippen LogP contribution >= 0.6 is 0 Å². The van der Waals surface area contributed by atoms with Crippen LogP contribution in [0.4, 0.5) is 13.2 Å². The molecule has 0 aliphatic carbocycles. The van der Waals surface area contributed by atoms with Gasteiger partial charge in [-0.25, -0.2) is 13.9 Å². The number of nitrogens with zero attached hydrogens (tertiary/aromatic N) is 3. The molecule has 6 aromatic rings. The first-order valence-corrected chi connectivity index (χ1v) is 11.0. The number of alkyl halides is 3. The van der Waals surface area contributed by atoms with Crippen LogP contribution in [0.25, 0.3) is 38.6 Å². The zero-order chi connectivity index (χ0) is 24.3. The first kappa shape index (κ1) is 21.2. The molecule has 3 heterocycles. The minimum atomic E-state index is -4.40. The van der Waals surface area contributed by atoms with Crippen molar-refractivity contribution in [2.24, 2.45) is 0 Å². The highest BCUT2D eigenvalue weighted by Crippen LogP contribution is 2.31. The molecule has 0 bridgehead atoms. The van der Waals surface area contributed by atoms with Gasteiger partial charge < -0.3 is 4.98 Å². The van der Waals surface area contributed by atoms with Crippen molar-refractivity contribution in [1.82, 2.24) is 19.2 Å². The molecule has 0 atom stereocenters. The van der Waals surface area contributed by atoms with Crippen molar-refractivity contribution in [2.45, 2.75) is 19.6 Å². The lowest BCUT2D eigenvalue weighted by Crippen LogP contribution is -2.21. The normalized spacial score (nSPS) is 12.2.